The van der Waals surface area contributed by atoms with Gasteiger partial charge in [-0.05, 0) is 60.9 Å². The summed E-state index contributed by atoms with van der Waals surface area (Å²) in [5.74, 6) is 0.231. The average Bonchev–Trinajstić information content (AvgIpc) is 2.98. The molecule has 9 heteroatoms. The molecule has 41 heavy (non-hydrogen) atoms. The van der Waals surface area contributed by atoms with Crippen molar-refractivity contribution in [3.8, 4) is 11.5 Å². The van der Waals surface area contributed by atoms with Gasteiger partial charge in [-0.15, -0.1) is 0 Å². The van der Waals surface area contributed by atoms with Crippen molar-refractivity contribution in [1.82, 2.24) is 20.9 Å². The van der Waals surface area contributed by atoms with Crippen LogP contribution >= 0.6 is 0 Å². The molecule has 0 saturated carbocycles. The van der Waals surface area contributed by atoms with Crippen LogP contribution in [0.15, 0.2) is 91.1 Å². The number of nitrogens with zero attached hydrogens (tertiary/aromatic N) is 1. The summed E-state index contributed by atoms with van der Waals surface area (Å²) in [6, 6.07) is 24.1. The van der Waals surface area contributed by atoms with Gasteiger partial charge >= 0.3 is 0 Å². The predicted molar refractivity (Wildman–Crippen MR) is 157 cm³/mol. The molecule has 1 unspecified atom stereocenters. The molecule has 0 aliphatic carbocycles. The minimum atomic E-state index is -1.03. The Morgan fingerprint density at radius 1 is 0.805 bits per heavy atom. The van der Waals surface area contributed by atoms with E-state index in [2.05, 4.69) is 20.9 Å². The van der Waals surface area contributed by atoms with Crippen LogP contribution in [0.4, 0.5) is 0 Å². The van der Waals surface area contributed by atoms with Gasteiger partial charge < -0.3 is 25.8 Å². The average molecular weight is 555 g/mol. The molecular weight excluding hydrogens is 520 g/mol. The van der Waals surface area contributed by atoms with Crippen molar-refractivity contribution in [2.45, 2.75) is 32.4 Å². The van der Waals surface area contributed by atoms with Crippen LogP contribution in [0, 0.1) is 5.92 Å². The second-order valence-corrected chi connectivity index (χ2v) is 10.1. The van der Waals surface area contributed by atoms with Crippen LogP contribution in [0.1, 0.15) is 41.0 Å². The van der Waals surface area contributed by atoms with Crippen molar-refractivity contribution in [2.75, 3.05) is 13.1 Å². The molecule has 9 nitrogen and oxygen atoms in total. The topological polar surface area (TPSA) is 130 Å². The minimum absolute atomic E-state index is 0.0652. The van der Waals surface area contributed by atoms with Gasteiger partial charge in [-0.2, -0.15) is 0 Å². The first-order valence-electron chi connectivity index (χ1n) is 13.5. The number of amides is 3. The van der Waals surface area contributed by atoms with E-state index in [0.29, 0.717) is 34.6 Å². The van der Waals surface area contributed by atoms with Crippen LogP contribution in [-0.2, 0) is 4.79 Å². The van der Waals surface area contributed by atoms with Crippen LogP contribution in [0.2, 0.25) is 0 Å². The van der Waals surface area contributed by atoms with Crippen molar-refractivity contribution in [3.05, 3.63) is 102 Å². The number of fused-ring (bicyclic) bond motifs is 1. The molecule has 212 valence electrons. The lowest BCUT2D eigenvalue weighted by molar-refractivity contribution is -0.123. The van der Waals surface area contributed by atoms with E-state index < -0.39 is 24.0 Å². The number of ether oxygens (including phenoxy) is 1. The zero-order chi connectivity index (χ0) is 29.2. The summed E-state index contributed by atoms with van der Waals surface area (Å²) in [5.41, 5.74) is 1.34. The highest BCUT2D eigenvalue weighted by atomic mass is 16.5. The molecule has 1 heterocycles. The number of benzene rings is 3. The van der Waals surface area contributed by atoms with Gasteiger partial charge in [0.1, 0.15) is 17.5 Å². The normalized spacial score (nSPS) is 12.4. The number of para-hydroxylation sites is 2. The number of aromatic nitrogens is 1. The Kier molecular flexibility index (Phi) is 10.0. The molecule has 3 aromatic carbocycles. The Bertz CT molecular complexity index is 1470. The maximum absolute atomic E-state index is 13.1. The van der Waals surface area contributed by atoms with Crippen molar-refractivity contribution in [2.24, 2.45) is 5.92 Å². The maximum atomic E-state index is 13.1. The van der Waals surface area contributed by atoms with Gasteiger partial charge in [0.05, 0.1) is 17.2 Å². The number of aliphatic hydroxyl groups is 1. The molecule has 4 N–H and O–H groups in total. The van der Waals surface area contributed by atoms with Crippen molar-refractivity contribution in [1.29, 1.82) is 0 Å². The molecule has 0 spiro atoms. The Hall–Kier alpha value is -4.76. The first-order chi connectivity index (χ1) is 19.8. The van der Waals surface area contributed by atoms with Crippen molar-refractivity contribution >= 4 is 28.6 Å². The lowest BCUT2D eigenvalue weighted by Crippen LogP contribution is -2.50. The standard InChI is InChI=1S/C32H34N4O5/c1-21(2)18-28(36-31(39)27-12-6-8-22-9-7-17-33-29(22)27)32(40)35-20-24(37)19-34-30(38)23-13-15-26(16-14-23)41-25-10-4-3-5-11-25/h3-17,21,24,28,37H,18-20H2,1-2H3,(H,34,38)(H,35,40)(H,36,39)/t24?,28-/m0/s1. The smallest absolute Gasteiger partial charge is 0.254 e. The molecule has 1 aromatic heterocycles. The zero-order valence-electron chi connectivity index (χ0n) is 23.0. The molecule has 0 radical (unpaired) electrons. The first-order valence-corrected chi connectivity index (χ1v) is 13.5. The number of hydrogen-bond acceptors (Lipinski definition) is 6. The minimum Gasteiger partial charge on any atom is -0.457 e. The lowest BCUT2D eigenvalue weighted by atomic mass is 10.0. The molecule has 4 aromatic rings. The molecule has 0 bridgehead atoms. The van der Waals surface area contributed by atoms with E-state index in [1.54, 1.807) is 48.7 Å². The second kappa shape index (κ2) is 14.0. The molecule has 4 rings (SSSR count). The van der Waals surface area contributed by atoms with Crippen molar-refractivity contribution in [3.63, 3.8) is 0 Å². The van der Waals surface area contributed by atoms with E-state index in [9.17, 15) is 19.5 Å². The maximum Gasteiger partial charge on any atom is 0.254 e. The number of nitrogens with one attached hydrogen (secondary N) is 3. The zero-order valence-corrected chi connectivity index (χ0v) is 23.0. The van der Waals surface area contributed by atoms with Gasteiger partial charge in [0.25, 0.3) is 11.8 Å². The highest BCUT2D eigenvalue weighted by Gasteiger charge is 2.24. The summed E-state index contributed by atoms with van der Waals surface area (Å²) >= 11 is 0. The number of pyridine rings is 1. The summed E-state index contributed by atoms with van der Waals surface area (Å²) in [5, 5.41) is 19.4. The fourth-order valence-corrected chi connectivity index (χ4v) is 4.25. The molecule has 3 amide bonds. The fraction of sp³-hybridized carbons (Fsp3) is 0.250. The van der Waals surface area contributed by atoms with E-state index in [1.165, 1.54) is 0 Å². The number of hydrogen-bond donors (Lipinski definition) is 4. The van der Waals surface area contributed by atoms with Gasteiger partial charge in [-0.3, -0.25) is 19.4 Å². The highest BCUT2D eigenvalue weighted by Crippen LogP contribution is 2.21. The Balaban J connectivity index is 1.27. The third kappa shape index (κ3) is 8.36. The predicted octanol–water partition coefficient (Wildman–Crippen LogP) is 4.08. The van der Waals surface area contributed by atoms with Gasteiger partial charge in [-0.1, -0.05) is 50.2 Å². The first kappa shape index (κ1) is 29.2. The summed E-state index contributed by atoms with van der Waals surface area (Å²) in [6.45, 7) is 3.75. The third-order valence-electron chi connectivity index (χ3n) is 6.31. The SMILES string of the molecule is CC(C)C[C@H](NC(=O)c1cccc2cccnc12)C(=O)NCC(O)CNC(=O)c1ccc(Oc2ccccc2)cc1. The van der Waals surface area contributed by atoms with E-state index in [0.717, 1.165) is 5.39 Å². The molecule has 0 aliphatic rings. The Morgan fingerprint density at radius 3 is 2.22 bits per heavy atom. The molecule has 2 atom stereocenters. The van der Waals surface area contributed by atoms with E-state index >= 15 is 0 Å². The van der Waals surface area contributed by atoms with Crippen LogP contribution in [0.5, 0.6) is 11.5 Å². The van der Waals surface area contributed by atoms with Gasteiger partial charge in [0.2, 0.25) is 5.91 Å². The van der Waals surface area contributed by atoms with E-state index in [-0.39, 0.29) is 24.9 Å². The van der Waals surface area contributed by atoms with Crippen LogP contribution in [0.25, 0.3) is 10.9 Å². The Morgan fingerprint density at radius 2 is 1.49 bits per heavy atom. The fourth-order valence-electron chi connectivity index (χ4n) is 4.25. The van der Waals surface area contributed by atoms with E-state index in [4.69, 9.17) is 4.74 Å². The monoisotopic (exact) mass is 554 g/mol. The number of carbonyl (C=O) groups excluding carboxylic acids is 3. The van der Waals surface area contributed by atoms with Crippen LogP contribution in [0.3, 0.4) is 0 Å². The van der Waals surface area contributed by atoms with Crippen LogP contribution in [-0.4, -0.2) is 53.0 Å². The second-order valence-electron chi connectivity index (χ2n) is 10.1. The quantitative estimate of drug-likeness (QED) is 0.209. The number of aliphatic hydroxyl groups excluding tert-OH is 1. The molecule has 0 fully saturated rings. The van der Waals surface area contributed by atoms with Gasteiger partial charge in [-0.25, -0.2) is 0 Å². The highest BCUT2D eigenvalue weighted by molar-refractivity contribution is 6.06. The molecular formula is C32H34N4O5. The molecule has 0 saturated heterocycles. The largest absolute Gasteiger partial charge is 0.457 e. The number of carbonyl (C=O) groups is 3. The third-order valence-corrected chi connectivity index (χ3v) is 6.31. The van der Waals surface area contributed by atoms with Gasteiger partial charge in [0, 0.05) is 30.2 Å². The van der Waals surface area contributed by atoms with Crippen LogP contribution < -0.4 is 20.7 Å². The lowest BCUT2D eigenvalue weighted by Gasteiger charge is -2.21. The summed E-state index contributed by atoms with van der Waals surface area (Å²) < 4.78 is 5.74. The van der Waals surface area contributed by atoms with Crippen molar-refractivity contribution < 1.29 is 24.2 Å². The molecule has 0 aliphatic heterocycles. The summed E-state index contributed by atoms with van der Waals surface area (Å²) in [4.78, 5) is 42.9. The van der Waals surface area contributed by atoms with E-state index in [1.807, 2.05) is 56.3 Å². The summed E-state index contributed by atoms with van der Waals surface area (Å²) in [6.07, 6.45) is 1.00. The Labute approximate surface area is 239 Å². The van der Waals surface area contributed by atoms with Gasteiger partial charge in [0.15, 0.2) is 0 Å². The summed E-state index contributed by atoms with van der Waals surface area (Å²) in [7, 11) is 0. The number of rotatable bonds is 12.